The molecule has 0 spiro atoms. The van der Waals surface area contributed by atoms with Gasteiger partial charge >= 0.3 is 11.8 Å². The second kappa shape index (κ2) is 8.19. The molecule has 8 nitrogen and oxygen atoms in total. The fraction of sp³-hybridized carbons (Fsp3) is 0.400. The van der Waals surface area contributed by atoms with E-state index in [9.17, 15) is 19.2 Å². The van der Waals surface area contributed by atoms with E-state index in [1.165, 1.54) is 22.7 Å². The molecule has 4 rings (SSSR count). The molecule has 6 N–H and O–H groups in total. The van der Waals surface area contributed by atoms with Gasteiger partial charge in [0.05, 0.1) is 11.1 Å². The summed E-state index contributed by atoms with van der Waals surface area (Å²) in [5, 5.41) is 5.67. The molecule has 0 bridgehead atoms. The molecule has 0 fully saturated rings. The predicted molar refractivity (Wildman–Crippen MR) is 116 cm³/mol. The van der Waals surface area contributed by atoms with Crippen LogP contribution in [0.3, 0.4) is 0 Å². The lowest BCUT2D eigenvalue weighted by Crippen LogP contribution is -2.30. The van der Waals surface area contributed by atoms with Crippen molar-refractivity contribution in [1.29, 1.82) is 0 Å². The standard InChI is InChI=1S/C20H22N4O4S2/c21-15(25)13-9-5-1-3-7-11(9)29-19(13)23-17(27)18(28)24-20-14(16(22)26)10-6-2-4-8-12(10)30-20/h1-8H2,(H2,21,25)(H2,22,26)(H,23,27)(H,24,28). The Morgan fingerprint density at radius 1 is 0.633 bits per heavy atom. The van der Waals surface area contributed by atoms with Crippen LogP contribution in [0.1, 0.15) is 67.3 Å². The molecule has 0 atom stereocenters. The lowest BCUT2D eigenvalue weighted by Gasteiger charge is -2.11. The lowest BCUT2D eigenvalue weighted by atomic mass is 9.95. The van der Waals surface area contributed by atoms with Gasteiger partial charge in [-0.1, -0.05) is 0 Å². The molecule has 0 radical (unpaired) electrons. The summed E-state index contributed by atoms with van der Waals surface area (Å²) in [6, 6.07) is 0. The Labute approximate surface area is 181 Å². The maximum absolute atomic E-state index is 12.5. The molecule has 4 amide bonds. The number of nitrogens with two attached hydrogens (primary N) is 2. The van der Waals surface area contributed by atoms with Gasteiger partial charge in [-0.15, -0.1) is 22.7 Å². The number of carbonyl (C=O) groups excluding carboxylic acids is 4. The molecule has 158 valence electrons. The summed E-state index contributed by atoms with van der Waals surface area (Å²) in [6.07, 6.45) is 7.05. The minimum absolute atomic E-state index is 0.292. The van der Waals surface area contributed by atoms with Crippen LogP contribution in [-0.2, 0) is 35.3 Å². The van der Waals surface area contributed by atoms with Gasteiger partial charge in [0.1, 0.15) is 10.0 Å². The van der Waals surface area contributed by atoms with E-state index in [-0.39, 0.29) is 0 Å². The van der Waals surface area contributed by atoms with E-state index in [0.29, 0.717) is 21.1 Å². The number of primary amides is 2. The number of anilines is 2. The highest BCUT2D eigenvalue weighted by molar-refractivity contribution is 7.17. The van der Waals surface area contributed by atoms with Crippen molar-refractivity contribution in [3.63, 3.8) is 0 Å². The Morgan fingerprint density at radius 2 is 1.00 bits per heavy atom. The molecule has 0 aliphatic heterocycles. The number of thiophene rings is 2. The van der Waals surface area contributed by atoms with Crippen molar-refractivity contribution in [2.45, 2.75) is 51.4 Å². The molecule has 0 unspecified atom stereocenters. The van der Waals surface area contributed by atoms with Gasteiger partial charge in [0.2, 0.25) is 0 Å². The number of hydrogen-bond acceptors (Lipinski definition) is 6. The molecule has 2 heterocycles. The van der Waals surface area contributed by atoms with Gasteiger partial charge in [0, 0.05) is 9.75 Å². The summed E-state index contributed by atoms with van der Waals surface area (Å²) in [7, 11) is 0. The number of hydrogen-bond donors (Lipinski definition) is 4. The average molecular weight is 447 g/mol. The topological polar surface area (TPSA) is 144 Å². The average Bonchev–Trinajstić information content (AvgIpc) is 3.25. The molecule has 0 aromatic carbocycles. The third kappa shape index (κ3) is 3.72. The first-order valence-electron chi connectivity index (χ1n) is 9.87. The predicted octanol–water partition coefficient (Wildman–Crippen LogP) is 2.34. The summed E-state index contributed by atoms with van der Waals surface area (Å²) in [5.74, 6) is -3.07. The van der Waals surface area contributed by atoms with Crippen molar-refractivity contribution < 1.29 is 19.2 Å². The first-order valence-corrected chi connectivity index (χ1v) is 11.5. The number of aryl methyl sites for hydroxylation is 2. The highest BCUT2D eigenvalue weighted by Crippen LogP contribution is 2.39. The summed E-state index contributed by atoms with van der Waals surface area (Å²) < 4.78 is 0. The van der Waals surface area contributed by atoms with Crippen molar-refractivity contribution in [3.8, 4) is 0 Å². The van der Waals surface area contributed by atoms with Crippen molar-refractivity contribution in [1.82, 2.24) is 0 Å². The Kier molecular flexibility index (Phi) is 5.61. The third-order valence-corrected chi connectivity index (χ3v) is 7.91. The monoisotopic (exact) mass is 446 g/mol. The van der Waals surface area contributed by atoms with Crippen molar-refractivity contribution in [3.05, 3.63) is 32.0 Å². The van der Waals surface area contributed by atoms with Gasteiger partial charge in [0.25, 0.3) is 11.8 Å². The number of amides is 4. The molecule has 2 aliphatic rings. The van der Waals surface area contributed by atoms with Crippen LogP contribution < -0.4 is 22.1 Å². The van der Waals surface area contributed by atoms with E-state index in [2.05, 4.69) is 10.6 Å². The summed E-state index contributed by atoms with van der Waals surface area (Å²) in [4.78, 5) is 51.1. The van der Waals surface area contributed by atoms with Crippen molar-refractivity contribution in [2.75, 3.05) is 10.6 Å². The fourth-order valence-corrected chi connectivity index (χ4v) is 6.73. The Hall–Kier alpha value is -2.72. The number of fused-ring (bicyclic) bond motifs is 2. The lowest BCUT2D eigenvalue weighted by molar-refractivity contribution is -0.132. The van der Waals surface area contributed by atoms with Gasteiger partial charge in [-0.2, -0.15) is 0 Å². The molecular formula is C20H22N4O4S2. The summed E-state index contributed by atoms with van der Waals surface area (Å²) in [5.41, 5.74) is 13.4. The van der Waals surface area contributed by atoms with Gasteiger partial charge in [-0.25, -0.2) is 0 Å². The Bertz CT molecular complexity index is 985. The molecular weight excluding hydrogens is 424 g/mol. The van der Waals surface area contributed by atoms with Crippen molar-refractivity contribution in [2.24, 2.45) is 11.5 Å². The minimum Gasteiger partial charge on any atom is -0.365 e. The highest BCUT2D eigenvalue weighted by Gasteiger charge is 2.29. The zero-order chi connectivity index (χ0) is 21.4. The summed E-state index contributed by atoms with van der Waals surface area (Å²) in [6.45, 7) is 0. The van der Waals surface area contributed by atoms with Crippen molar-refractivity contribution >= 4 is 56.3 Å². The quantitative estimate of drug-likeness (QED) is 0.534. The zero-order valence-electron chi connectivity index (χ0n) is 16.3. The second-order valence-electron chi connectivity index (χ2n) is 7.47. The molecule has 0 saturated carbocycles. The van der Waals surface area contributed by atoms with Crippen LogP contribution in [-0.4, -0.2) is 23.6 Å². The maximum Gasteiger partial charge on any atom is 0.314 e. The molecule has 2 aliphatic carbocycles. The molecule has 2 aromatic rings. The SMILES string of the molecule is NC(=O)c1c(NC(=O)C(=O)Nc2sc3c(c2C(N)=O)CCCC3)sc2c1CCCC2. The largest absolute Gasteiger partial charge is 0.365 e. The number of rotatable bonds is 4. The highest BCUT2D eigenvalue weighted by atomic mass is 32.1. The van der Waals surface area contributed by atoms with Crippen LogP contribution in [0.4, 0.5) is 10.0 Å². The van der Waals surface area contributed by atoms with E-state index in [1.807, 2.05) is 0 Å². The van der Waals surface area contributed by atoms with E-state index in [4.69, 9.17) is 11.5 Å². The van der Waals surface area contributed by atoms with E-state index >= 15 is 0 Å². The first-order chi connectivity index (χ1) is 14.4. The first kappa shape index (κ1) is 20.5. The molecule has 2 aromatic heterocycles. The third-order valence-electron chi connectivity index (χ3n) is 5.50. The normalized spacial score (nSPS) is 15.1. The van der Waals surface area contributed by atoms with Crippen LogP contribution in [0.2, 0.25) is 0 Å². The maximum atomic E-state index is 12.5. The van der Waals surface area contributed by atoms with Gasteiger partial charge in [-0.3, -0.25) is 19.2 Å². The van der Waals surface area contributed by atoms with Crippen LogP contribution in [0.5, 0.6) is 0 Å². The van der Waals surface area contributed by atoms with E-state index in [1.54, 1.807) is 0 Å². The van der Waals surface area contributed by atoms with E-state index in [0.717, 1.165) is 72.2 Å². The van der Waals surface area contributed by atoms with E-state index < -0.39 is 23.6 Å². The van der Waals surface area contributed by atoms with Gasteiger partial charge in [0.15, 0.2) is 0 Å². The zero-order valence-corrected chi connectivity index (χ0v) is 17.9. The smallest absolute Gasteiger partial charge is 0.314 e. The Morgan fingerprint density at radius 3 is 1.37 bits per heavy atom. The van der Waals surface area contributed by atoms with Crippen LogP contribution in [0.15, 0.2) is 0 Å². The molecule has 0 saturated heterocycles. The van der Waals surface area contributed by atoms with Crippen LogP contribution in [0, 0.1) is 0 Å². The molecule has 30 heavy (non-hydrogen) atoms. The number of nitrogens with one attached hydrogen (secondary N) is 2. The van der Waals surface area contributed by atoms with Gasteiger partial charge < -0.3 is 22.1 Å². The minimum atomic E-state index is -0.919. The van der Waals surface area contributed by atoms with Crippen LogP contribution >= 0.6 is 22.7 Å². The Balaban J connectivity index is 1.55. The second-order valence-corrected chi connectivity index (χ2v) is 9.68. The molecule has 10 heteroatoms. The van der Waals surface area contributed by atoms with Crippen LogP contribution in [0.25, 0.3) is 0 Å². The summed E-state index contributed by atoms with van der Waals surface area (Å²) >= 11 is 2.58. The number of carbonyl (C=O) groups is 4. The fourth-order valence-electron chi connectivity index (χ4n) is 4.15. The van der Waals surface area contributed by atoms with Gasteiger partial charge in [-0.05, 0) is 62.5 Å².